The molecule has 0 saturated carbocycles. The van der Waals surface area contributed by atoms with Crippen LogP contribution >= 0.6 is 0 Å². The molecule has 0 aliphatic carbocycles. The van der Waals surface area contributed by atoms with E-state index in [9.17, 15) is 18.0 Å². The Morgan fingerprint density at radius 2 is 1.78 bits per heavy atom. The molecule has 9 heteroatoms. The average Bonchev–Trinajstić information content (AvgIpc) is 2.94. The van der Waals surface area contributed by atoms with Crippen LogP contribution in [0.15, 0.2) is 59.5 Å². The maximum atomic E-state index is 12.1. The molecule has 0 bridgehead atoms. The number of carbonyl (C=O) groups is 2. The largest absolute Gasteiger partial charge is 0.336 e. The summed E-state index contributed by atoms with van der Waals surface area (Å²) < 4.78 is 31.0. The van der Waals surface area contributed by atoms with E-state index in [0.29, 0.717) is 18.8 Å². The van der Waals surface area contributed by atoms with Crippen molar-refractivity contribution < 1.29 is 22.6 Å². The van der Waals surface area contributed by atoms with Gasteiger partial charge in [0.05, 0.1) is 10.9 Å². The van der Waals surface area contributed by atoms with Crippen LogP contribution in [0.5, 0.6) is 0 Å². The number of amides is 3. The van der Waals surface area contributed by atoms with E-state index >= 15 is 0 Å². The topological polar surface area (TPSA) is 116 Å². The minimum Gasteiger partial charge on any atom is -0.336 e. The van der Waals surface area contributed by atoms with E-state index < -0.39 is 16.1 Å². The Morgan fingerprint density at radius 3 is 2.41 bits per heavy atom. The van der Waals surface area contributed by atoms with E-state index in [0.717, 1.165) is 5.56 Å². The number of hydrogen-bond donors (Lipinski definition) is 3. The number of urea groups is 1. The summed E-state index contributed by atoms with van der Waals surface area (Å²) >= 11 is 0. The third-order valence-corrected chi connectivity index (χ3v) is 5.04. The Bertz CT molecular complexity index is 929. The summed E-state index contributed by atoms with van der Waals surface area (Å²) in [6.07, 6.45) is 0.224. The Kier molecular flexibility index (Phi) is 5.43. The Morgan fingerprint density at radius 1 is 1.11 bits per heavy atom. The predicted octanol–water partition coefficient (Wildman–Crippen LogP) is 1.86. The molecule has 8 nitrogen and oxygen atoms in total. The van der Waals surface area contributed by atoms with Crippen LogP contribution in [-0.4, -0.2) is 42.4 Å². The predicted molar refractivity (Wildman–Crippen MR) is 98.7 cm³/mol. The fourth-order valence-corrected chi connectivity index (χ4v) is 3.37. The summed E-state index contributed by atoms with van der Waals surface area (Å²) in [6.45, 7) is 0.916. The van der Waals surface area contributed by atoms with Crippen molar-refractivity contribution in [2.75, 3.05) is 11.9 Å². The smallest absolute Gasteiger partial charge is 0.319 e. The third kappa shape index (κ3) is 5.05. The van der Waals surface area contributed by atoms with Crippen molar-refractivity contribution >= 4 is 27.7 Å². The zero-order valence-corrected chi connectivity index (χ0v) is 15.1. The van der Waals surface area contributed by atoms with Gasteiger partial charge in [0.1, 0.15) is 0 Å². The third-order valence-electron chi connectivity index (χ3n) is 4.18. The van der Waals surface area contributed by atoms with Crippen LogP contribution in [0.2, 0.25) is 0 Å². The number of anilines is 1. The molecule has 142 valence electrons. The summed E-state index contributed by atoms with van der Waals surface area (Å²) in [5.41, 5.74) is 1.39. The molecule has 1 aliphatic rings. The molecule has 0 radical (unpaired) electrons. The minimum atomic E-state index is -4.28. The van der Waals surface area contributed by atoms with E-state index in [-0.39, 0.29) is 23.3 Å². The van der Waals surface area contributed by atoms with Crippen LogP contribution in [0.25, 0.3) is 0 Å². The van der Waals surface area contributed by atoms with Gasteiger partial charge in [-0.1, -0.05) is 30.3 Å². The van der Waals surface area contributed by atoms with E-state index in [4.69, 9.17) is 4.55 Å². The van der Waals surface area contributed by atoms with Gasteiger partial charge in [-0.05, 0) is 29.8 Å². The minimum absolute atomic E-state index is 0.0262. The Hall–Kier alpha value is -2.91. The number of carbonyl (C=O) groups excluding carboxylic acids is 2. The van der Waals surface area contributed by atoms with Gasteiger partial charge in [0.25, 0.3) is 10.1 Å². The first-order valence-corrected chi connectivity index (χ1v) is 9.72. The summed E-state index contributed by atoms with van der Waals surface area (Å²) in [4.78, 5) is 25.7. The zero-order chi connectivity index (χ0) is 19.4. The molecule has 1 unspecified atom stereocenters. The van der Waals surface area contributed by atoms with Crippen molar-refractivity contribution in [1.29, 1.82) is 0 Å². The maximum absolute atomic E-state index is 12.1. The molecule has 0 spiro atoms. The molecule has 27 heavy (non-hydrogen) atoms. The lowest BCUT2D eigenvalue weighted by molar-refractivity contribution is -0.128. The lowest BCUT2D eigenvalue weighted by atomic mass is 10.2. The molecule has 3 N–H and O–H groups in total. The summed E-state index contributed by atoms with van der Waals surface area (Å²) in [5, 5.41) is 5.31. The monoisotopic (exact) mass is 389 g/mol. The molecule has 1 heterocycles. The zero-order valence-electron chi connectivity index (χ0n) is 14.3. The normalized spacial score (nSPS) is 17.0. The van der Waals surface area contributed by atoms with Gasteiger partial charge in [0.2, 0.25) is 5.91 Å². The number of rotatable bonds is 5. The van der Waals surface area contributed by atoms with Gasteiger partial charge in [0, 0.05) is 25.2 Å². The molecule has 2 aromatic carbocycles. The fraction of sp³-hybridized carbons (Fsp3) is 0.222. The quantitative estimate of drug-likeness (QED) is 0.675. The van der Waals surface area contributed by atoms with Gasteiger partial charge in [-0.2, -0.15) is 8.42 Å². The van der Waals surface area contributed by atoms with Crippen molar-refractivity contribution in [2.45, 2.75) is 23.9 Å². The van der Waals surface area contributed by atoms with Gasteiger partial charge in [-0.15, -0.1) is 0 Å². The number of nitrogens with one attached hydrogen (secondary N) is 2. The highest BCUT2D eigenvalue weighted by atomic mass is 32.2. The molecule has 1 aliphatic heterocycles. The standard InChI is InChI=1S/C18H19N3O5S/c22-17-10-15(12-21(17)11-13-4-2-1-3-5-13)20-18(23)19-14-6-8-16(9-7-14)27(24,25)26/h1-9,15H,10-12H2,(H2,19,20,23)(H,24,25,26). The van der Waals surface area contributed by atoms with E-state index in [1.807, 2.05) is 30.3 Å². The highest BCUT2D eigenvalue weighted by molar-refractivity contribution is 7.85. The van der Waals surface area contributed by atoms with Gasteiger partial charge in [-0.25, -0.2) is 4.79 Å². The number of benzene rings is 2. The van der Waals surface area contributed by atoms with Gasteiger partial charge in [0.15, 0.2) is 0 Å². The Labute approximate surface area is 156 Å². The highest BCUT2D eigenvalue weighted by Crippen LogP contribution is 2.16. The lowest BCUT2D eigenvalue weighted by Crippen LogP contribution is -2.39. The Balaban J connectivity index is 1.53. The lowest BCUT2D eigenvalue weighted by Gasteiger charge is -2.17. The SMILES string of the molecule is O=C(Nc1ccc(S(=O)(=O)O)cc1)NC1CC(=O)N(Cc2ccccc2)C1. The highest BCUT2D eigenvalue weighted by Gasteiger charge is 2.30. The van der Waals surface area contributed by atoms with Crippen molar-refractivity contribution in [3.05, 3.63) is 60.2 Å². The average molecular weight is 389 g/mol. The van der Waals surface area contributed by atoms with Crippen LogP contribution in [0.3, 0.4) is 0 Å². The second-order valence-electron chi connectivity index (χ2n) is 6.26. The summed E-state index contributed by atoms with van der Waals surface area (Å²) in [6, 6.07) is 13.9. The van der Waals surface area contributed by atoms with Crippen LogP contribution in [0.1, 0.15) is 12.0 Å². The second-order valence-corrected chi connectivity index (χ2v) is 7.68. The van der Waals surface area contributed by atoms with Crippen molar-refractivity contribution in [3.63, 3.8) is 0 Å². The van der Waals surface area contributed by atoms with Crippen molar-refractivity contribution in [2.24, 2.45) is 0 Å². The van der Waals surface area contributed by atoms with Crippen LogP contribution in [0, 0.1) is 0 Å². The molecule has 2 aromatic rings. The fourth-order valence-electron chi connectivity index (χ4n) is 2.89. The number of hydrogen-bond acceptors (Lipinski definition) is 4. The molecule has 1 atom stereocenters. The van der Waals surface area contributed by atoms with E-state index in [2.05, 4.69) is 10.6 Å². The van der Waals surface area contributed by atoms with Crippen molar-refractivity contribution in [3.8, 4) is 0 Å². The van der Waals surface area contributed by atoms with Gasteiger partial charge >= 0.3 is 6.03 Å². The van der Waals surface area contributed by atoms with Gasteiger partial charge in [-0.3, -0.25) is 9.35 Å². The molecular formula is C18H19N3O5S. The molecule has 3 amide bonds. The van der Waals surface area contributed by atoms with Gasteiger partial charge < -0.3 is 15.5 Å². The van der Waals surface area contributed by atoms with E-state index in [1.165, 1.54) is 24.3 Å². The number of likely N-dealkylation sites (tertiary alicyclic amines) is 1. The summed E-state index contributed by atoms with van der Waals surface area (Å²) in [5.74, 6) is -0.0262. The first-order chi connectivity index (χ1) is 12.8. The van der Waals surface area contributed by atoms with Crippen LogP contribution < -0.4 is 10.6 Å². The molecule has 3 rings (SSSR count). The molecule has 1 fully saturated rings. The number of nitrogens with zero attached hydrogens (tertiary/aromatic N) is 1. The van der Waals surface area contributed by atoms with E-state index in [1.54, 1.807) is 4.90 Å². The van der Waals surface area contributed by atoms with Crippen LogP contribution in [-0.2, 0) is 21.5 Å². The second kappa shape index (κ2) is 7.77. The molecule has 1 saturated heterocycles. The first kappa shape index (κ1) is 18.9. The molecule has 0 aromatic heterocycles. The summed E-state index contributed by atoms with van der Waals surface area (Å²) in [7, 11) is -4.28. The molecular weight excluding hydrogens is 370 g/mol. The maximum Gasteiger partial charge on any atom is 0.319 e. The van der Waals surface area contributed by atoms with Crippen molar-refractivity contribution in [1.82, 2.24) is 10.2 Å². The van der Waals surface area contributed by atoms with Crippen LogP contribution in [0.4, 0.5) is 10.5 Å². The first-order valence-electron chi connectivity index (χ1n) is 8.28.